The minimum atomic E-state index is -4.49. The molecule has 6 heteroatoms. The summed E-state index contributed by atoms with van der Waals surface area (Å²) in [5, 5.41) is 0. The first-order valence-corrected chi connectivity index (χ1v) is 6.08. The molecule has 0 fully saturated rings. The van der Waals surface area contributed by atoms with E-state index in [9.17, 15) is 17.6 Å². The molecule has 108 valence electrons. The fourth-order valence-corrected chi connectivity index (χ4v) is 1.82. The van der Waals surface area contributed by atoms with E-state index in [0.717, 1.165) is 24.6 Å². The molecule has 1 aromatic rings. The van der Waals surface area contributed by atoms with Gasteiger partial charge in [-0.25, -0.2) is 4.39 Å². The Labute approximate surface area is 110 Å². The van der Waals surface area contributed by atoms with E-state index < -0.39 is 23.6 Å². The van der Waals surface area contributed by atoms with Gasteiger partial charge < -0.3 is 0 Å². The number of nitrogens with two attached hydrogens (primary N) is 1. The molecule has 0 radical (unpaired) electrons. The highest BCUT2D eigenvalue weighted by molar-refractivity contribution is 5.29. The van der Waals surface area contributed by atoms with E-state index in [4.69, 9.17) is 5.84 Å². The van der Waals surface area contributed by atoms with Gasteiger partial charge in [-0.1, -0.05) is 13.8 Å². The molecule has 1 rings (SSSR count). The fraction of sp³-hybridized carbons (Fsp3) is 0.538. The zero-order chi connectivity index (χ0) is 14.6. The van der Waals surface area contributed by atoms with Crippen molar-refractivity contribution in [3.63, 3.8) is 0 Å². The molecule has 0 aliphatic carbocycles. The van der Waals surface area contributed by atoms with Crippen LogP contribution in [0.3, 0.4) is 0 Å². The molecule has 1 atom stereocenters. The van der Waals surface area contributed by atoms with Crippen LogP contribution in [0.2, 0.25) is 0 Å². The second-order valence-electron chi connectivity index (χ2n) is 4.92. The average molecular weight is 278 g/mol. The predicted octanol–water partition coefficient (Wildman–Crippen LogP) is 3.79. The lowest BCUT2D eigenvalue weighted by Gasteiger charge is -2.19. The summed E-state index contributed by atoms with van der Waals surface area (Å²) >= 11 is 0. The third-order valence-electron chi connectivity index (χ3n) is 2.93. The predicted molar refractivity (Wildman–Crippen MR) is 65.5 cm³/mol. The maximum absolute atomic E-state index is 13.7. The molecule has 2 nitrogen and oxygen atoms in total. The Morgan fingerprint density at radius 2 is 1.84 bits per heavy atom. The van der Waals surface area contributed by atoms with Crippen molar-refractivity contribution < 1.29 is 17.6 Å². The third kappa shape index (κ3) is 4.47. The normalized spacial score (nSPS) is 13.9. The molecule has 0 aliphatic rings. The molecular weight excluding hydrogens is 260 g/mol. The molecule has 0 heterocycles. The summed E-state index contributed by atoms with van der Waals surface area (Å²) in [4.78, 5) is 0. The Hall–Kier alpha value is -1.14. The highest BCUT2D eigenvalue weighted by Gasteiger charge is 2.31. The molecule has 3 N–H and O–H groups in total. The van der Waals surface area contributed by atoms with E-state index in [2.05, 4.69) is 5.43 Å². The zero-order valence-electron chi connectivity index (χ0n) is 10.9. The molecular formula is C13H18F4N2. The van der Waals surface area contributed by atoms with E-state index in [0.29, 0.717) is 12.3 Å². The van der Waals surface area contributed by atoms with Crippen LogP contribution in [0.5, 0.6) is 0 Å². The van der Waals surface area contributed by atoms with Crippen molar-refractivity contribution in [3.8, 4) is 0 Å². The molecule has 1 aromatic carbocycles. The number of halogens is 4. The lowest BCUT2D eigenvalue weighted by Crippen LogP contribution is -2.29. The van der Waals surface area contributed by atoms with E-state index in [1.54, 1.807) is 0 Å². The van der Waals surface area contributed by atoms with Gasteiger partial charge in [0.25, 0.3) is 0 Å². The molecule has 1 unspecified atom stereocenters. The number of hydrazine groups is 1. The van der Waals surface area contributed by atoms with Crippen LogP contribution in [-0.4, -0.2) is 0 Å². The van der Waals surface area contributed by atoms with Crippen molar-refractivity contribution >= 4 is 0 Å². The largest absolute Gasteiger partial charge is 0.416 e. The van der Waals surface area contributed by atoms with Gasteiger partial charge in [0.1, 0.15) is 5.82 Å². The molecule has 0 saturated heterocycles. The van der Waals surface area contributed by atoms with Crippen molar-refractivity contribution in [1.82, 2.24) is 5.43 Å². The van der Waals surface area contributed by atoms with E-state index in [1.807, 2.05) is 13.8 Å². The first-order chi connectivity index (χ1) is 8.75. The van der Waals surface area contributed by atoms with Gasteiger partial charge >= 0.3 is 6.18 Å². The van der Waals surface area contributed by atoms with E-state index in [1.165, 1.54) is 0 Å². The smallest absolute Gasteiger partial charge is 0.271 e. The highest BCUT2D eigenvalue weighted by Crippen LogP contribution is 2.32. The quantitative estimate of drug-likeness (QED) is 0.488. The summed E-state index contributed by atoms with van der Waals surface area (Å²) in [5.74, 6) is 5.01. The lowest BCUT2D eigenvalue weighted by atomic mass is 9.96. The second-order valence-corrected chi connectivity index (χ2v) is 4.92. The van der Waals surface area contributed by atoms with Gasteiger partial charge in [-0.15, -0.1) is 0 Å². The summed E-state index contributed by atoms with van der Waals surface area (Å²) < 4.78 is 51.5. The summed E-state index contributed by atoms with van der Waals surface area (Å²) in [5.41, 5.74) is 1.48. The topological polar surface area (TPSA) is 38.0 Å². The van der Waals surface area contributed by atoms with Gasteiger partial charge in [-0.2, -0.15) is 13.2 Å². The van der Waals surface area contributed by atoms with Crippen LogP contribution in [-0.2, 0) is 6.18 Å². The van der Waals surface area contributed by atoms with Crippen molar-refractivity contribution in [2.24, 2.45) is 11.8 Å². The first kappa shape index (κ1) is 15.9. The Kier molecular flexibility index (Phi) is 5.31. The van der Waals surface area contributed by atoms with Gasteiger partial charge in [0.2, 0.25) is 0 Å². The Bertz CT molecular complexity index is 416. The van der Waals surface area contributed by atoms with Crippen LogP contribution in [0.1, 0.15) is 43.9 Å². The number of nitrogens with one attached hydrogen (secondary N) is 1. The van der Waals surface area contributed by atoms with Crippen LogP contribution < -0.4 is 11.3 Å². The molecule has 0 bridgehead atoms. The Morgan fingerprint density at radius 3 is 2.32 bits per heavy atom. The second kappa shape index (κ2) is 6.34. The van der Waals surface area contributed by atoms with Crippen molar-refractivity contribution in [2.45, 2.75) is 38.9 Å². The summed E-state index contributed by atoms with van der Waals surface area (Å²) in [7, 11) is 0. The lowest BCUT2D eigenvalue weighted by molar-refractivity contribution is -0.137. The number of benzene rings is 1. The standard InChI is InChI=1S/C13H18F4N2/c1-8(2)3-6-12(19-18)10-7-9(13(15,16)17)4-5-11(10)14/h4-5,7-8,12,19H,3,6,18H2,1-2H3. The van der Waals surface area contributed by atoms with Crippen LogP contribution in [0.15, 0.2) is 18.2 Å². The number of hydrogen-bond acceptors (Lipinski definition) is 2. The first-order valence-electron chi connectivity index (χ1n) is 6.08. The summed E-state index contributed by atoms with van der Waals surface area (Å²) in [6.45, 7) is 3.96. The summed E-state index contributed by atoms with van der Waals surface area (Å²) in [6, 6.07) is 1.76. The van der Waals surface area contributed by atoms with Gasteiger partial charge in [0.05, 0.1) is 5.56 Å². The van der Waals surface area contributed by atoms with Gasteiger partial charge in [-0.3, -0.25) is 11.3 Å². The molecule has 19 heavy (non-hydrogen) atoms. The molecule has 0 amide bonds. The van der Waals surface area contributed by atoms with Gasteiger partial charge in [0.15, 0.2) is 0 Å². The molecule has 0 aliphatic heterocycles. The minimum absolute atomic E-state index is 0.0435. The Balaban J connectivity index is 3.02. The average Bonchev–Trinajstić information content (AvgIpc) is 2.30. The van der Waals surface area contributed by atoms with E-state index >= 15 is 0 Å². The zero-order valence-corrected chi connectivity index (χ0v) is 10.9. The van der Waals surface area contributed by atoms with Crippen LogP contribution >= 0.6 is 0 Å². The SMILES string of the molecule is CC(C)CCC(NN)c1cc(C(F)(F)F)ccc1F. The van der Waals surface area contributed by atoms with Crippen molar-refractivity contribution in [3.05, 3.63) is 35.1 Å². The Morgan fingerprint density at radius 1 is 1.21 bits per heavy atom. The maximum Gasteiger partial charge on any atom is 0.416 e. The van der Waals surface area contributed by atoms with Crippen LogP contribution in [0, 0.1) is 11.7 Å². The van der Waals surface area contributed by atoms with Gasteiger partial charge in [0, 0.05) is 11.6 Å². The fourth-order valence-electron chi connectivity index (χ4n) is 1.82. The molecule has 0 spiro atoms. The third-order valence-corrected chi connectivity index (χ3v) is 2.93. The van der Waals surface area contributed by atoms with E-state index in [-0.39, 0.29) is 5.56 Å². The van der Waals surface area contributed by atoms with Crippen molar-refractivity contribution in [2.75, 3.05) is 0 Å². The monoisotopic (exact) mass is 278 g/mol. The van der Waals surface area contributed by atoms with Crippen molar-refractivity contribution in [1.29, 1.82) is 0 Å². The minimum Gasteiger partial charge on any atom is -0.271 e. The van der Waals surface area contributed by atoms with Crippen LogP contribution in [0.4, 0.5) is 17.6 Å². The maximum atomic E-state index is 13.7. The summed E-state index contributed by atoms with van der Waals surface area (Å²) in [6.07, 6.45) is -3.27. The number of alkyl halides is 3. The van der Waals surface area contributed by atoms with Gasteiger partial charge in [-0.05, 0) is 37.0 Å². The number of rotatable bonds is 5. The van der Waals surface area contributed by atoms with Crippen LogP contribution in [0.25, 0.3) is 0 Å². The highest BCUT2D eigenvalue weighted by atomic mass is 19.4. The molecule has 0 aromatic heterocycles. The molecule has 0 saturated carbocycles. The number of hydrogen-bond donors (Lipinski definition) is 2.